The molecule has 1 aromatic heterocycles. The summed E-state index contributed by atoms with van der Waals surface area (Å²) in [5.41, 5.74) is 0.238. The number of guanidine groups is 1. The summed E-state index contributed by atoms with van der Waals surface area (Å²) in [5, 5.41) is 2.94. The van der Waals surface area contributed by atoms with Crippen LogP contribution < -0.4 is 5.32 Å². The lowest BCUT2D eigenvalue weighted by Gasteiger charge is -2.18. The van der Waals surface area contributed by atoms with Crippen LogP contribution in [0.4, 0.5) is 5.69 Å². The van der Waals surface area contributed by atoms with Crippen molar-refractivity contribution in [1.82, 2.24) is 14.9 Å². The van der Waals surface area contributed by atoms with Gasteiger partial charge in [-0.05, 0) is 0 Å². The first kappa shape index (κ1) is 16.4. The average Bonchev–Trinajstić information content (AvgIpc) is 2.89. The van der Waals surface area contributed by atoms with Crippen molar-refractivity contribution in [1.29, 1.82) is 0 Å². The van der Waals surface area contributed by atoms with Crippen LogP contribution in [-0.4, -0.2) is 45.8 Å². The zero-order chi connectivity index (χ0) is 16.3. The van der Waals surface area contributed by atoms with Crippen LogP contribution in [0.5, 0.6) is 0 Å². The van der Waals surface area contributed by atoms with E-state index in [2.05, 4.69) is 20.3 Å². The van der Waals surface area contributed by atoms with Crippen LogP contribution in [0.3, 0.4) is 0 Å². The fourth-order valence-corrected chi connectivity index (χ4v) is 2.27. The van der Waals surface area contributed by atoms with Crippen LogP contribution in [0.25, 0.3) is 0 Å². The SMILES string of the molecule is CC(=O)OCc1nc(Cl)c(NC2=NCCN2C(C)=O)c(Cl)n1. The van der Waals surface area contributed by atoms with Gasteiger partial charge in [-0.1, -0.05) is 23.2 Å². The number of aliphatic imine (C=N–C) groups is 1. The van der Waals surface area contributed by atoms with Crippen molar-refractivity contribution in [3.05, 3.63) is 16.1 Å². The first-order valence-corrected chi connectivity index (χ1v) is 7.09. The van der Waals surface area contributed by atoms with E-state index in [4.69, 9.17) is 27.9 Å². The molecule has 0 aromatic carbocycles. The second-order valence-corrected chi connectivity index (χ2v) is 5.09. The zero-order valence-electron chi connectivity index (χ0n) is 11.9. The van der Waals surface area contributed by atoms with Crippen molar-refractivity contribution in [3.63, 3.8) is 0 Å². The van der Waals surface area contributed by atoms with Gasteiger partial charge < -0.3 is 10.1 Å². The van der Waals surface area contributed by atoms with Crippen LogP contribution >= 0.6 is 23.2 Å². The van der Waals surface area contributed by atoms with E-state index in [-0.39, 0.29) is 34.3 Å². The molecule has 0 unspecified atom stereocenters. The second kappa shape index (κ2) is 6.89. The predicted molar refractivity (Wildman–Crippen MR) is 80.8 cm³/mol. The molecule has 0 fully saturated rings. The molecule has 10 heteroatoms. The molecule has 0 aliphatic carbocycles. The molecule has 8 nitrogen and oxygen atoms in total. The Labute approximate surface area is 136 Å². The summed E-state index contributed by atoms with van der Waals surface area (Å²) < 4.78 is 4.78. The molecule has 0 saturated carbocycles. The average molecular weight is 346 g/mol. The van der Waals surface area contributed by atoms with E-state index >= 15 is 0 Å². The van der Waals surface area contributed by atoms with Crippen LogP contribution in [0.1, 0.15) is 19.7 Å². The number of hydrogen-bond donors (Lipinski definition) is 1. The Balaban J connectivity index is 2.18. The van der Waals surface area contributed by atoms with Gasteiger partial charge in [0.2, 0.25) is 11.9 Å². The smallest absolute Gasteiger partial charge is 0.303 e. The molecule has 118 valence electrons. The van der Waals surface area contributed by atoms with Gasteiger partial charge >= 0.3 is 5.97 Å². The van der Waals surface area contributed by atoms with E-state index < -0.39 is 5.97 Å². The molecule has 0 saturated heterocycles. The third kappa shape index (κ3) is 3.83. The number of rotatable bonds is 3. The number of carbonyl (C=O) groups excluding carboxylic acids is 2. The molecule has 1 N–H and O–H groups in total. The molecule has 0 radical (unpaired) electrons. The van der Waals surface area contributed by atoms with Gasteiger partial charge in [-0.2, -0.15) is 0 Å². The summed E-state index contributed by atoms with van der Waals surface area (Å²) >= 11 is 12.1. The normalized spacial score (nSPS) is 13.8. The quantitative estimate of drug-likeness (QED) is 0.658. The highest BCUT2D eigenvalue weighted by Crippen LogP contribution is 2.28. The minimum absolute atomic E-state index is 0.0419. The van der Waals surface area contributed by atoms with Gasteiger partial charge in [0.15, 0.2) is 22.7 Å². The number of aromatic nitrogens is 2. The van der Waals surface area contributed by atoms with Gasteiger partial charge in [0.05, 0.1) is 6.54 Å². The minimum Gasteiger partial charge on any atom is -0.458 e. The van der Waals surface area contributed by atoms with Gasteiger partial charge in [-0.25, -0.2) is 9.97 Å². The Morgan fingerprint density at radius 2 is 1.91 bits per heavy atom. The van der Waals surface area contributed by atoms with Crippen LogP contribution in [0.15, 0.2) is 4.99 Å². The van der Waals surface area contributed by atoms with Gasteiger partial charge in [-0.15, -0.1) is 0 Å². The van der Waals surface area contributed by atoms with Gasteiger partial charge in [0, 0.05) is 20.4 Å². The lowest BCUT2D eigenvalue weighted by molar-refractivity contribution is -0.142. The minimum atomic E-state index is -0.463. The zero-order valence-corrected chi connectivity index (χ0v) is 13.4. The lowest BCUT2D eigenvalue weighted by atomic mass is 10.4. The number of anilines is 1. The number of esters is 1. The van der Waals surface area contributed by atoms with Gasteiger partial charge in [-0.3, -0.25) is 19.5 Å². The number of nitrogens with one attached hydrogen (secondary N) is 1. The first-order valence-electron chi connectivity index (χ1n) is 6.33. The molecule has 0 atom stereocenters. The van der Waals surface area contributed by atoms with E-state index in [1.807, 2.05) is 0 Å². The van der Waals surface area contributed by atoms with Crippen molar-refractivity contribution >= 4 is 46.7 Å². The van der Waals surface area contributed by atoms with Crippen molar-refractivity contribution < 1.29 is 14.3 Å². The summed E-state index contributed by atoms with van der Waals surface area (Å²) in [6.45, 7) is 3.55. The monoisotopic (exact) mass is 345 g/mol. The Morgan fingerprint density at radius 1 is 1.27 bits per heavy atom. The van der Waals surface area contributed by atoms with E-state index in [1.54, 1.807) is 0 Å². The van der Waals surface area contributed by atoms with Crippen LogP contribution in [0.2, 0.25) is 10.3 Å². The summed E-state index contributed by atoms with van der Waals surface area (Å²) in [4.78, 5) is 35.9. The van der Waals surface area contributed by atoms with Crippen molar-refractivity contribution in [2.75, 3.05) is 18.4 Å². The Morgan fingerprint density at radius 3 is 2.45 bits per heavy atom. The van der Waals surface area contributed by atoms with E-state index in [1.165, 1.54) is 18.7 Å². The molecule has 1 aliphatic heterocycles. The Bertz CT molecular complexity index is 627. The highest BCUT2D eigenvalue weighted by atomic mass is 35.5. The molecule has 2 heterocycles. The summed E-state index contributed by atoms with van der Waals surface area (Å²) in [6.07, 6.45) is 0. The number of carbonyl (C=O) groups is 2. The number of halogens is 2. The number of hydrogen-bond acceptors (Lipinski definition) is 7. The first-order chi connectivity index (χ1) is 10.4. The number of ether oxygens (including phenoxy) is 1. The highest BCUT2D eigenvalue weighted by molar-refractivity contribution is 6.38. The molecular formula is C12H13Cl2N5O3. The van der Waals surface area contributed by atoms with Crippen molar-refractivity contribution in [3.8, 4) is 0 Å². The largest absolute Gasteiger partial charge is 0.458 e. The highest BCUT2D eigenvalue weighted by Gasteiger charge is 2.23. The van der Waals surface area contributed by atoms with Crippen molar-refractivity contribution in [2.45, 2.75) is 20.5 Å². The molecule has 2 rings (SSSR count). The molecule has 1 aromatic rings. The summed E-state index contributed by atoms with van der Waals surface area (Å²) in [5.74, 6) is -0.0981. The molecule has 1 aliphatic rings. The third-order valence-electron chi connectivity index (χ3n) is 2.73. The van der Waals surface area contributed by atoms with E-state index in [9.17, 15) is 9.59 Å². The van der Waals surface area contributed by atoms with Gasteiger partial charge in [0.1, 0.15) is 5.69 Å². The molecule has 0 spiro atoms. The Hall–Kier alpha value is -1.93. The number of amides is 1. The summed E-state index contributed by atoms with van der Waals surface area (Å²) in [7, 11) is 0. The number of nitrogens with zero attached hydrogens (tertiary/aromatic N) is 4. The van der Waals surface area contributed by atoms with Crippen LogP contribution in [0, 0.1) is 0 Å². The molecule has 1 amide bonds. The third-order valence-corrected chi connectivity index (χ3v) is 3.28. The van der Waals surface area contributed by atoms with E-state index in [0.29, 0.717) is 19.0 Å². The fourth-order valence-electron chi connectivity index (χ4n) is 1.75. The van der Waals surface area contributed by atoms with E-state index in [0.717, 1.165) is 0 Å². The van der Waals surface area contributed by atoms with Crippen LogP contribution in [-0.2, 0) is 20.9 Å². The lowest BCUT2D eigenvalue weighted by Crippen LogP contribution is -2.37. The Kier molecular flexibility index (Phi) is 5.15. The topological polar surface area (TPSA) is 96.8 Å². The maximum atomic E-state index is 11.5. The summed E-state index contributed by atoms with van der Waals surface area (Å²) in [6, 6.07) is 0. The molecule has 22 heavy (non-hydrogen) atoms. The maximum Gasteiger partial charge on any atom is 0.303 e. The standard InChI is InChI=1S/C12H13Cl2N5O3/c1-6(20)19-4-3-15-12(19)18-9-10(13)16-8(17-11(9)14)5-22-7(2)21/h3-5H2,1-2H3,(H,15,18). The van der Waals surface area contributed by atoms with Gasteiger partial charge in [0.25, 0.3) is 0 Å². The predicted octanol–water partition coefficient (Wildman–Crippen LogP) is 1.48. The van der Waals surface area contributed by atoms with Crippen molar-refractivity contribution in [2.24, 2.45) is 4.99 Å². The molecular weight excluding hydrogens is 333 g/mol. The maximum absolute atomic E-state index is 11.5. The fraction of sp³-hybridized carbons (Fsp3) is 0.417. The molecule has 0 bridgehead atoms. The second-order valence-electron chi connectivity index (χ2n) is 4.38.